The van der Waals surface area contributed by atoms with Crippen LogP contribution in [-0.2, 0) is 29.6 Å². The number of hydrogen-bond acceptors (Lipinski definition) is 6. The maximum Gasteiger partial charge on any atom is 0.471 e. The molecule has 0 saturated carbocycles. The average molecular weight is 506 g/mol. The highest BCUT2D eigenvalue weighted by atomic mass is 19.4. The summed E-state index contributed by atoms with van der Waals surface area (Å²) in [5.74, 6) is -2.86. The third-order valence-corrected chi connectivity index (χ3v) is 6.33. The van der Waals surface area contributed by atoms with Crippen LogP contribution in [0.2, 0.25) is 0 Å². The maximum atomic E-state index is 13.1. The third-order valence-electron chi connectivity index (χ3n) is 6.33. The lowest BCUT2D eigenvalue weighted by Gasteiger charge is -2.39. The van der Waals surface area contributed by atoms with Gasteiger partial charge in [0.1, 0.15) is 17.8 Å². The Balaban J connectivity index is 1.45. The molecule has 36 heavy (non-hydrogen) atoms. The molecular weight excluding hydrogens is 481 g/mol. The molecule has 13 heteroatoms. The molecule has 3 heterocycles. The van der Waals surface area contributed by atoms with Gasteiger partial charge in [0.2, 0.25) is 5.91 Å². The smallest absolute Gasteiger partial charge is 0.388 e. The number of hydrogen-bond donors (Lipinski definition) is 2. The third kappa shape index (κ3) is 5.40. The number of piperidine rings is 1. The van der Waals surface area contributed by atoms with E-state index in [-0.39, 0.29) is 44.5 Å². The molecule has 3 aromatic rings. The maximum absolute atomic E-state index is 13.1. The molecule has 0 spiro atoms. The number of nitrogens with zero attached hydrogens (tertiary/aromatic N) is 5. The summed E-state index contributed by atoms with van der Waals surface area (Å²) < 4.78 is 41.4. The van der Waals surface area contributed by atoms with Crippen LogP contribution in [-0.4, -0.2) is 72.1 Å². The lowest BCUT2D eigenvalue weighted by Crippen LogP contribution is -2.56. The van der Waals surface area contributed by atoms with Gasteiger partial charge in [0, 0.05) is 26.6 Å². The molecule has 0 aliphatic carbocycles. The quantitative estimate of drug-likeness (QED) is 0.510. The summed E-state index contributed by atoms with van der Waals surface area (Å²) in [6.45, 7) is 0.0175. The zero-order chi connectivity index (χ0) is 26.1. The summed E-state index contributed by atoms with van der Waals surface area (Å²) in [5.41, 5.74) is -0.696. The molecule has 1 atom stereocenters. The van der Waals surface area contributed by atoms with E-state index in [4.69, 9.17) is 0 Å². The van der Waals surface area contributed by atoms with Gasteiger partial charge in [-0.15, -0.1) is 0 Å². The molecule has 1 aliphatic heterocycles. The number of carbonyl (C=O) groups is 2. The fourth-order valence-electron chi connectivity index (χ4n) is 4.31. The normalized spacial score (nSPS) is 16.6. The number of amides is 2. The van der Waals surface area contributed by atoms with Crippen LogP contribution in [0.5, 0.6) is 0 Å². The average Bonchev–Trinajstić information content (AvgIpc) is 3.22. The second-order valence-corrected chi connectivity index (χ2v) is 8.95. The van der Waals surface area contributed by atoms with Crippen molar-refractivity contribution in [3.63, 3.8) is 0 Å². The largest absolute Gasteiger partial charge is 0.471 e. The Morgan fingerprint density at radius 1 is 1.19 bits per heavy atom. The van der Waals surface area contributed by atoms with Crippen molar-refractivity contribution in [3.8, 4) is 0 Å². The van der Waals surface area contributed by atoms with Gasteiger partial charge in [-0.25, -0.2) is 4.98 Å². The number of benzene rings is 1. The molecule has 4 rings (SSSR count). The Bertz CT molecular complexity index is 1310. The first-order valence-corrected chi connectivity index (χ1v) is 11.3. The van der Waals surface area contributed by atoms with Crippen molar-refractivity contribution in [1.82, 2.24) is 29.5 Å². The first-order chi connectivity index (χ1) is 17.0. The molecular formula is C23H25F3N6O4. The van der Waals surface area contributed by atoms with Crippen LogP contribution in [0.25, 0.3) is 11.0 Å². The van der Waals surface area contributed by atoms with Crippen molar-refractivity contribution in [2.24, 2.45) is 7.05 Å². The first kappa shape index (κ1) is 25.4. The summed E-state index contributed by atoms with van der Waals surface area (Å²) in [6, 6.07) is 6.98. The molecule has 1 fully saturated rings. The standard InChI is InChI=1S/C23H25F3N6O4/c1-30-18-16(12-28-30)19(33)32(14-27-18)13-22(36)7-9-31(10-8-22)20(34)17(29-21(35)23(24,25)26)11-15-5-3-2-4-6-15/h2-6,12,14,17,36H,7-11,13H2,1H3,(H,29,35)/t17-/m1/s1. The van der Waals surface area contributed by atoms with Gasteiger partial charge < -0.3 is 15.3 Å². The summed E-state index contributed by atoms with van der Waals surface area (Å²) in [7, 11) is 1.65. The van der Waals surface area contributed by atoms with E-state index in [1.165, 1.54) is 26.7 Å². The zero-order valence-electron chi connectivity index (χ0n) is 19.4. The number of alkyl halides is 3. The van der Waals surface area contributed by atoms with Crippen LogP contribution < -0.4 is 10.9 Å². The molecule has 1 aromatic carbocycles. The number of rotatable bonds is 6. The number of halogens is 3. The van der Waals surface area contributed by atoms with E-state index in [1.54, 1.807) is 37.4 Å². The molecule has 1 aliphatic rings. The van der Waals surface area contributed by atoms with Crippen LogP contribution in [0.3, 0.4) is 0 Å². The van der Waals surface area contributed by atoms with E-state index in [0.29, 0.717) is 16.6 Å². The molecule has 0 bridgehead atoms. The van der Waals surface area contributed by atoms with E-state index in [9.17, 15) is 32.7 Å². The minimum absolute atomic E-state index is 0.0415. The Morgan fingerprint density at radius 3 is 2.50 bits per heavy atom. The van der Waals surface area contributed by atoms with E-state index < -0.39 is 29.6 Å². The predicted molar refractivity (Wildman–Crippen MR) is 122 cm³/mol. The fourth-order valence-corrected chi connectivity index (χ4v) is 4.31. The van der Waals surface area contributed by atoms with Crippen molar-refractivity contribution in [1.29, 1.82) is 0 Å². The zero-order valence-corrected chi connectivity index (χ0v) is 19.4. The van der Waals surface area contributed by atoms with Gasteiger partial charge in [0.05, 0.1) is 18.3 Å². The minimum atomic E-state index is -5.13. The molecule has 10 nitrogen and oxygen atoms in total. The summed E-state index contributed by atoms with van der Waals surface area (Å²) in [5, 5.41) is 17.2. The van der Waals surface area contributed by atoms with Crippen molar-refractivity contribution in [2.75, 3.05) is 13.1 Å². The van der Waals surface area contributed by atoms with E-state index in [1.807, 2.05) is 5.32 Å². The number of likely N-dealkylation sites (tertiary alicyclic amines) is 1. The highest BCUT2D eigenvalue weighted by Crippen LogP contribution is 2.25. The van der Waals surface area contributed by atoms with Gasteiger partial charge in [0.25, 0.3) is 5.56 Å². The molecule has 1 saturated heterocycles. The van der Waals surface area contributed by atoms with Crippen molar-refractivity contribution in [3.05, 3.63) is 58.8 Å². The molecule has 0 unspecified atom stereocenters. The van der Waals surface area contributed by atoms with Crippen LogP contribution in [0.15, 0.2) is 47.7 Å². The minimum Gasteiger partial charge on any atom is -0.388 e. The Hall–Kier alpha value is -3.74. The van der Waals surface area contributed by atoms with Gasteiger partial charge in [0.15, 0.2) is 5.65 Å². The Labute approximate surface area is 203 Å². The van der Waals surface area contributed by atoms with Crippen molar-refractivity contribution < 1.29 is 27.9 Å². The molecule has 2 amide bonds. The molecule has 2 aromatic heterocycles. The van der Waals surface area contributed by atoms with E-state index >= 15 is 0 Å². The molecule has 0 radical (unpaired) electrons. The van der Waals surface area contributed by atoms with Gasteiger partial charge in [-0.2, -0.15) is 18.3 Å². The Kier molecular flexibility index (Phi) is 6.85. The summed E-state index contributed by atoms with van der Waals surface area (Å²) >= 11 is 0. The number of aryl methyl sites for hydroxylation is 1. The van der Waals surface area contributed by atoms with Crippen molar-refractivity contribution in [2.45, 2.75) is 43.6 Å². The lowest BCUT2D eigenvalue weighted by molar-refractivity contribution is -0.175. The van der Waals surface area contributed by atoms with Crippen LogP contribution >= 0.6 is 0 Å². The molecule has 2 N–H and O–H groups in total. The SMILES string of the molecule is Cn1ncc2c(=O)n(CC3(O)CCN(C(=O)[C@@H](Cc4ccccc4)NC(=O)C(F)(F)F)CC3)cnc21. The van der Waals surface area contributed by atoms with Crippen LogP contribution in [0.4, 0.5) is 13.2 Å². The first-order valence-electron chi connectivity index (χ1n) is 11.3. The number of fused-ring (bicyclic) bond motifs is 1. The monoisotopic (exact) mass is 506 g/mol. The molecule has 192 valence electrons. The van der Waals surface area contributed by atoms with Crippen LogP contribution in [0, 0.1) is 0 Å². The number of carbonyl (C=O) groups excluding carboxylic acids is 2. The second kappa shape index (κ2) is 9.72. The van der Waals surface area contributed by atoms with E-state index in [0.717, 1.165) is 0 Å². The van der Waals surface area contributed by atoms with Crippen LogP contribution in [0.1, 0.15) is 18.4 Å². The van der Waals surface area contributed by atoms with Gasteiger partial charge >= 0.3 is 12.1 Å². The Morgan fingerprint density at radius 2 is 1.86 bits per heavy atom. The summed E-state index contributed by atoms with van der Waals surface area (Å²) in [6.07, 6.45) is -2.36. The van der Waals surface area contributed by atoms with Gasteiger partial charge in [-0.05, 0) is 18.4 Å². The lowest BCUT2D eigenvalue weighted by atomic mass is 9.90. The van der Waals surface area contributed by atoms with Gasteiger partial charge in [-0.1, -0.05) is 30.3 Å². The number of aromatic nitrogens is 4. The number of nitrogens with one attached hydrogen (secondary N) is 1. The number of aliphatic hydroxyl groups is 1. The van der Waals surface area contributed by atoms with E-state index in [2.05, 4.69) is 10.1 Å². The highest BCUT2D eigenvalue weighted by molar-refractivity contribution is 5.90. The topological polar surface area (TPSA) is 122 Å². The van der Waals surface area contributed by atoms with Gasteiger partial charge in [-0.3, -0.25) is 23.6 Å². The second-order valence-electron chi connectivity index (χ2n) is 8.95. The highest BCUT2D eigenvalue weighted by Gasteiger charge is 2.42. The predicted octanol–water partition coefficient (Wildman–Crippen LogP) is 0.773. The van der Waals surface area contributed by atoms with Crippen molar-refractivity contribution >= 4 is 22.8 Å². The fraction of sp³-hybridized carbons (Fsp3) is 0.435. The summed E-state index contributed by atoms with van der Waals surface area (Å²) in [4.78, 5) is 43.0.